The van der Waals surface area contributed by atoms with Crippen LogP contribution in [0.25, 0.3) is 0 Å². The lowest BCUT2D eigenvalue weighted by molar-refractivity contribution is 0.264. The van der Waals surface area contributed by atoms with Gasteiger partial charge in [-0.05, 0) is 51.3 Å². The summed E-state index contributed by atoms with van der Waals surface area (Å²) in [7, 11) is 7.77. The van der Waals surface area contributed by atoms with E-state index in [9.17, 15) is 0 Å². The maximum Gasteiger partial charge on any atom is 0.121 e. The lowest BCUT2D eigenvalue weighted by atomic mass is 10.1. The number of hydrogen-bond donors (Lipinski definition) is 1. The van der Waals surface area contributed by atoms with E-state index in [1.165, 1.54) is 5.56 Å². The van der Waals surface area contributed by atoms with Crippen LogP contribution in [0.15, 0.2) is 18.2 Å². The molecule has 0 amide bonds. The maximum atomic E-state index is 5.24. The van der Waals surface area contributed by atoms with Crippen LogP contribution in [-0.4, -0.2) is 33.2 Å². The molecule has 0 spiro atoms. The van der Waals surface area contributed by atoms with Gasteiger partial charge in [-0.25, -0.2) is 0 Å². The summed E-state index contributed by atoms with van der Waals surface area (Å²) in [5.74, 6) is 0.937. The second kappa shape index (κ2) is 5.14. The van der Waals surface area contributed by atoms with Crippen LogP contribution >= 0.6 is 0 Å². The van der Waals surface area contributed by atoms with E-state index in [2.05, 4.69) is 43.4 Å². The number of nitrogens with zero attached hydrogens (tertiary/aromatic N) is 1. The molecule has 0 heterocycles. The lowest BCUT2D eigenvalue weighted by Crippen LogP contribution is -2.30. The number of hydrogen-bond acceptors (Lipinski definition) is 3. The van der Waals surface area contributed by atoms with Crippen molar-refractivity contribution in [2.45, 2.75) is 13.1 Å². The van der Waals surface area contributed by atoms with Crippen LogP contribution in [0.5, 0.6) is 5.75 Å². The van der Waals surface area contributed by atoms with Crippen molar-refractivity contribution in [3.63, 3.8) is 0 Å². The SMILES string of the molecule is CNC(c1ccc(OC)c(C)c1)N(C)C. The Morgan fingerprint density at radius 2 is 2.00 bits per heavy atom. The number of rotatable bonds is 4. The van der Waals surface area contributed by atoms with Crippen LogP contribution in [0.2, 0.25) is 0 Å². The minimum atomic E-state index is 0.245. The van der Waals surface area contributed by atoms with Gasteiger partial charge < -0.3 is 10.1 Å². The van der Waals surface area contributed by atoms with Gasteiger partial charge in [-0.1, -0.05) is 6.07 Å². The first kappa shape index (κ1) is 12.0. The molecule has 0 saturated heterocycles. The van der Waals surface area contributed by atoms with Gasteiger partial charge in [0.1, 0.15) is 5.75 Å². The summed E-state index contributed by atoms with van der Waals surface area (Å²) in [5, 5.41) is 3.27. The molecule has 1 atom stereocenters. The fraction of sp³-hybridized carbons (Fsp3) is 0.500. The first-order valence-corrected chi connectivity index (χ1v) is 5.08. The molecule has 0 bridgehead atoms. The third-order valence-electron chi connectivity index (χ3n) is 2.52. The molecule has 1 aromatic carbocycles. The number of benzene rings is 1. The Kier molecular flexibility index (Phi) is 4.12. The topological polar surface area (TPSA) is 24.5 Å². The Bertz CT molecular complexity index is 323. The summed E-state index contributed by atoms with van der Waals surface area (Å²) < 4.78 is 5.24. The van der Waals surface area contributed by atoms with E-state index >= 15 is 0 Å². The quantitative estimate of drug-likeness (QED) is 0.763. The standard InChI is InChI=1S/C12H20N2O/c1-9-8-10(6-7-11(9)15-5)12(13-2)14(3)4/h6-8,12-13H,1-5H3. The van der Waals surface area contributed by atoms with Crippen molar-refractivity contribution >= 4 is 0 Å². The fourth-order valence-electron chi connectivity index (χ4n) is 1.79. The van der Waals surface area contributed by atoms with Crippen molar-refractivity contribution in [2.75, 3.05) is 28.3 Å². The molecule has 0 aliphatic heterocycles. The molecule has 0 fully saturated rings. The molecule has 1 N–H and O–H groups in total. The minimum absolute atomic E-state index is 0.245. The molecule has 0 aliphatic carbocycles. The van der Waals surface area contributed by atoms with Crippen LogP contribution in [0, 0.1) is 6.92 Å². The number of aryl methyl sites for hydroxylation is 1. The molecular formula is C12H20N2O. The third-order valence-corrected chi connectivity index (χ3v) is 2.52. The van der Waals surface area contributed by atoms with Gasteiger partial charge in [-0.2, -0.15) is 0 Å². The number of methoxy groups -OCH3 is 1. The van der Waals surface area contributed by atoms with Crippen LogP contribution in [0.3, 0.4) is 0 Å². The third kappa shape index (κ3) is 2.70. The lowest BCUT2D eigenvalue weighted by Gasteiger charge is -2.24. The van der Waals surface area contributed by atoms with Gasteiger partial charge in [-0.15, -0.1) is 0 Å². The van der Waals surface area contributed by atoms with Gasteiger partial charge in [0.2, 0.25) is 0 Å². The normalized spacial score (nSPS) is 12.9. The molecule has 0 aliphatic rings. The van der Waals surface area contributed by atoms with Crippen LogP contribution < -0.4 is 10.1 Å². The Hall–Kier alpha value is -1.06. The zero-order chi connectivity index (χ0) is 11.4. The average molecular weight is 208 g/mol. The van der Waals surface area contributed by atoms with Crippen LogP contribution in [-0.2, 0) is 0 Å². The molecule has 1 unspecified atom stereocenters. The van der Waals surface area contributed by atoms with Crippen molar-refractivity contribution in [1.29, 1.82) is 0 Å². The van der Waals surface area contributed by atoms with E-state index in [4.69, 9.17) is 4.74 Å². The van der Waals surface area contributed by atoms with E-state index in [0.717, 1.165) is 11.3 Å². The van der Waals surface area contributed by atoms with Crippen molar-refractivity contribution in [1.82, 2.24) is 10.2 Å². The van der Waals surface area contributed by atoms with Gasteiger partial charge >= 0.3 is 0 Å². The number of nitrogens with one attached hydrogen (secondary N) is 1. The molecular weight excluding hydrogens is 188 g/mol. The highest BCUT2D eigenvalue weighted by Crippen LogP contribution is 2.23. The summed E-state index contributed by atoms with van der Waals surface area (Å²) >= 11 is 0. The number of ether oxygens (including phenoxy) is 1. The zero-order valence-electron chi connectivity index (χ0n) is 10.2. The summed E-state index contributed by atoms with van der Waals surface area (Å²) in [6.45, 7) is 2.06. The van der Waals surface area contributed by atoms with Crippen LogP contribution in [0.1, 0.15) is 17.3 Å². The highest BCUT2D eigenvalue weighted by atomic mass is 16.5. The molecule has 0 saturated carbocycles. The second-order valence-electron chi connectivity index (χ2n) is 3.88. The molecule has 84 valence electrons. The van der Waals surface area contributed by atoms with Crippen LogP contribution in [0.4, 0.5) is 0 Å². The van der Waals surface area contributed by atoms with Gasteiger partial charge in [0.05, 0.1) is 13.3 Å². The maximum absolute atomic E-state index is 5.24. The second-order valence-corrected chi connectivity index (χ2v) is 3.88. The molecule has 3 heteroatoms. The Morgan fingerprint density at radius 1 is 1.33 bits per heavy atom. The Balaban J connectivity index is 3.00. The monoisotopic (exact) mass is 208 g/mol. The molecule has 0 radical (unpaired) electrons. The van der Waals surface area contributed by atoms with E-state index in [-0.39, 0.29) is 6.17 Å². The first-order chi connectivity index (χ1) is 7.10. The predicted octanol–water partition coefficient (Wildman–Crippen LogP) is 1.78. The highest BCUT2D eigenvalue weighted by molar-refractivity contribution is 5.37. The molecule has 1 rings (SSSR count). The van der Waals surface area contributed by atoms with Gasteiger partial charge in [0.15, 0.2) is 0 Å². The highest BCUT2D eigenvalue weighted by Gasteiger charge is 2.12. The van der Waals surface area contributed by atoms with Crippen molar-refractivity contribution in [3.8, 4) is 5.75 Å². The zero-order valence-corrected chi connectivity index (χ0v) is 10.2. The summed E-state index contributed by atoms with van der Waals surface area (Å²) in [4.78, 5) is 2.14. The largest absolute Gasteiger partial charge is 0.496 e. The summed E-state index contributed by atoms with van der Waals surface area (Å²) in [6.07, 6.45) is 0.245. The Morgan fingerprint density at radius 3 is 2.40 bits per heavy atom. The summed E-state index contributed by atoms with van der Waals surface area (Å²) in [6, 6.07) is 6.26. The van der Waals surface area contributed by atoms with Crippen molar-refractivity contribution < 1.29 is 4.74 Å². The first-order valence-electron chi connectivity index (χ1n) is 5.08. The smallest absolute Gasteiger partial charge is 0.121 e. The fourth-order valence-corrected chi connectivity index (χ4v) is 1.79. The summed E-state index contributed by atoms with van der Waals surface area (Å²) in [5.41, 5.74) is 2.41. The van der Waals surface area contributed by atoms with E-state index in [0.29, 0.717) is 0 Å². The van der Waals surface area contributed by atoms with Crippen molar-refractivity contribution in [3.05, 3.63) is 29.3 Å². The molecule has 1 aromatic rings. The Labute approximate surface area is 92.0 Å². The van der Waals surface area contributed by atoms with E-state index in [1.807, 2.05) is 13.1 Å². The average Bonchev–Trinajstić information content (AvgIpc) is 2.18. The van der Waals surface area contributed by atoms with E-state index in [1.54, 1.807) is 7.11 Å². The van der Waals surface area contributed by atoms with Gasteiger partial charge in [0.25, 0.3) is 0 Å². The predicted molar refractivity (Wildman–Crippen MR) is 63.2 cm³/mol. The minimum Gasteiger partial charge on any atom is -0.496 e. The molecule has 0 aromatic heterocycles. The van der Waals surface area contributed by atoms with Gasteiger partial charge in [0, 0.05) is 0 Å². The van der Waals surface area contributed by atoms with E-state index < -0.39 is 0 Å². The van der Waals surface area contributed by atoms with Crippen molar-refractivity contribution in [2.24, 2.45) is 0 Å². The molecule has 3 nitrogen and oxygen atoms in total. The molecule has 15 heavy (non-hydrogen) atoms. The van der Waals surface area contributed by atoms with Gasteiger partial charge in [-0.3, -0.25) is 4.90 Å².